The van der Waals surface area contributed by atoms with Crippen LogP contribution < -0.4 is 5.73 Å². The van der Waals surface area contributed by atoms with E-state index in [2.05, 4.69) is 11.9 Å². The Bertz CT molecular complexity index is 189. The lowest BCUT2D eigenvalue weighted by Gasteiger charge is -2.35. The van der Waals surface area contributed by atoms with Crippen LogP contribution in [0, 0.1) is 0 Å². The van der Waals surface area contributed by atoms with E-state index in [0.29, 0.717) is 19.2 Å². The van der Waals surface area contributed by atoms with Crippen LogP contribution in [0.2, 0.25) is 0 Å². The molecular formula is C10H20N2O2. The molecule has 2 rings (SSSR count). The van der Waals surface area contributed by atoms with E-state index in [-0.39, 0.29) is 12.4 Å². The fourth-order valence-electron chi connectivity index (χ4n) is 2.24. The first-order valence-corrected chi connectivity index (χ1v) is 5.48. The predicted octanol–water partition coefficient (Wildman–Crippen LogP) is 0.171. The van der Waals surface area contributed by atoms with E-state index in [1.165, 1.54) is 19.3 Å². The summed E-state index contributed by atoms with van der Waals surface area (Å²) in [6, 6.07) is 0.431. The highest BCUT2D eigenvalue weighted by molar-refractivity contribution is 4.81. The molecule has 4 heteroatoms. The van der Waals surface area contributed by atoms with Crippen LogP contribution in [0.4, 0.5) is 0 Å². The number of piperidine rings is 1. The van der Waals surface area contributed by atoms with E-state index in [0.717, 1.165) is 6.54 Å². The Morgan fingerprint density at radius 3 is 2.93 bits per heavy atom. The van der Waals surface area contributed by atoms with Gasteiger partial charge in [0.1, 0.15) is 0 Å². The van der Waals surface area contributed by atoms with Crippen LogP contribution in [0.3, 0.4) is 0 Å². The number of rotatable bonds is 2. The van der Waals surface area contributed by atoms with E-state index >= 15 is 0 Å². The largest absolute Gasteiger partial charge is 0.348 e. The van der Waals surface area contributed by atoms with Crippen molar-refractivity contribution in [2.24, 2.45) is 5.73 Å². The highest BCUT2D eigenvalue weighted by atomic mass is 16.7. The maximum atomic E-state index is 5.73. The van der Waals surface area contributed by atoms with Crippen molar-refractivity contribution < 1.29 is 9.47 Å². The van der Waals surface area contributed by atoms with E-state index in [4.69, 9.17) is 15.2 Å². The molecule has 0 aromatic rings. The second-order valence-electron chi connectivity index (χ2n) is 4.24. The molecule has 0 aromatic carbocycles. The molecule has 2 aliphatic heterocycles. The quantitative estimate of drug-likeness (QED) is 0.690. The smallest absolute Gasteiger partial charge is 0.173 e. The molecule has 2 fully saturated rings. The third-order valence-corrected chi connectivity index (χ3v) is 3.18. The molecular weight excluding hydrogens is 180 g/mol. The molecule has 14 heavy (non-hydrogen) atoms. The van der Waals surface area contributed by atoms with Gasteiger partial charge in [-0.2, -0.15) is 0 Å². The molecule has 0 bridgehead atoms. The van der Waals surface area contributed by atoms with Crippen molar-refractivity contribution in [1.82, 2.24) is 4.90 Å². The van der Waals surface area contributed by atoms with Gasteiger partial charge >= 0.3 is 0 Å². The Kier molecular flexibility index (Phi) is 3.38. The summed E-state index contributed by atoms with van der Waals surface area (Å²) >= 11 is 0. The van der Waals surface area contributed by atoms with Gasteiger partial charge in [0.25, 0.3) is 0 Å². The number of likely N-dealkylation sites (tertiary alicyclic amines) is 1. The molecule has 2 saturated heterocycles. The normalized spacial score (nSPS) is 40.3. The van der Waals surface area contributed by atoms with Crippen LogP contribution in [0.1, 0.15) is 19.3 Å². The summed E-state index contributed by atoms with van der Waals surface area (Å²) in [5, 5.41) is 0. The van der Waals surface area contributed by atoms with Gasteiger partial charge in [-0.1, -0.05) is 6.42 Å². The van der Waals surface area contributed by atoms with Crippen molar-refractivity contribution in [3.8, 4) is 0 Å². The first kappa shape index (κ1) is 10.4. The summed E-state index contributed by atoms with van der Waals surface area (Å²) in [4.78, 5) is 2.34. The summed E-state index contributed by atoms with van der Waals surface area (Å²) in [6.07, 6.45) is 3.81. The summed E-state index contributed by atoms with van der Waals surface area (Å²) in [5.41, 5.74) is 5.54. The van der Waals surface area contributed by atoms with Gasteiger partial charge in [0.2, 0.25) is 0 Å². The van der Waals surface area contributed by atoms with Crippen molar-refractivity contribution in [2.75, 3.05) is 26.7 Å². The third-order valence-electron chi connectivity index (χ3n) is 3.18. The van der Waals surface area contributed by atoms with Gasteiger partial charge in [-0.05, 0) is 26.4 Å². The van der Waals surface area contributed by atoms with Gasteiger partial charge in [-0.25, -0.2) is 0 Å². The standard InChI is InChI=1S/C10H20N2O2/c1-12-5-3-2-4-9(12)10-13-7-8(6-11)14-10/h8-10H,2-7,11H2,1H3. The highest BCUT2D eigenvalue weighted by Crippen LogP contribution is 2.24. The average molecular weight is 200 g/mol. The summed E-state index contributed by atoms with van der Waals surface area (Å²) in [6.45, 7) is 2.37. The number of likely N-dealkylation sites (N-methyl/N-ethyl adjacent to an activating group) is 1. The molecule has 2 aliphatic rings. The lowest BCUT2D eigenvalue weighted by atomic mass is 10.0. The maximum absolute atomic E-state index is 5.73. The molecule has 3 unspecified atom stereocenters. The zero-order chi connectivity index (χ0) is 9.97. The molecule has 4 nitrogen and oxygen atoms in total. The fourth-order valence-corrected chi connectivity index (χ4v) is 2.24. The van der Waals surface area contributed by atoms with E-state index in [9.17, 15) is 0 Å². The van der Waals surface area contributed by atoms with Gasteiger partial charge in [0.05, 0.1) is 18.8 Å². The van der Waals surface area contributed by atoms with Crippen LogP contribution in [0.15, 0.2) is 0 Å². The Labute approximate surface area is 85.3 Å². The molecule has 82 valence electrons. The van der Waals surface area contributed by atoms with Crippen molar-refractivity contribution in [3.05, 3.63) is 0 Å². The monoisotopic (exact) mass is 200 g/mol. The Hall–Kier alpha value is -0.160. The van der Waals surface area contributed by atoms with Crippen LogP contribution in [-0.4, -0.2) is 50.1 Å². The predicted molar refractivity (Wildman–Crippen MR) is 53.9 cm³/mol. The van der Waals surface area contributed by atoms with E-state index < -0.39 is 0 Å². The van der Waals surface area contributed by atoms with Gasteiger partial charge in [0.15, 0.2) is 6.29 Å². The Morgan fingerprint density at radius 2 is 2.29 bits per heavy atom. The number of ether oxygens (including phenoxy) is 2. The van der Waals surface area contributed by atoms with Gasteiger partial charge in [-0.3, -0.25) is 4.90 Å². The first-order chi connectivity index (χ1) is 6.81. The molecule has 0 saturated carbocycles. The highest BCUT2D eigenvalue weighted by Gasteiger charge is 2.35. The molecule has 0 aromatic heterocycles. The van der Waals surface area contributed by atoms with Crippen LogP contribution in [0.25, 0.3) is 0 Å². The molecule has 0 amide bonds. The minimum atomic E-state index is -0.0474. The maximum Gasteiger partial charge on any atom is 0.173 e. The van der Waals surface area contributed by atoms with Crippen LogP contribution in [-0.2, 0) is 9.47 Å². The van der Waals surface area contributed by atoms with Crippen molar-refractivity contribution >= 4 is 0 Å². The number of hydrogen-bond donors (Lipinski definition) is 1. The zero-order valence-corrected chi connectivity index (χ0v) is 8.82. The lowest BCUT2D eigenvalue weighted by molar-refractivity contribution is -0.113. The average Bonchev–Trinajstić information content (AvgIpc) is 2.67. The Balaban J connectivity index is 1.88. The Morgan fingerprint density at radius 1 is 1.43 bits per heavy atom. The van der Waals surface area contributed by atoms with Crippen molar-refractivity contribution in [2.45, 2.75) is 37.7 Å². The third kappa shape index (κ3) is 2.08. The molecule has 2 heterocycles. The first-order valence-electron chi connectivity index (χ1n) is 5.48. The van der Waals surface area contributed by atoms with Crippen molar-refractivity contribution in [3.63, 3.8) is 0 Å². The van der Waals surface area contributed by atoms with E-state index in [1.54, 1.807) is 0 Å². The number of nitrogens with two attached hydrogens (primary N) is 1. The van der Waals surface area contributed by atoms with Gasteiger partial charge in [0, 0.05) is 6.54 Å². The molecule has 3 atom stereocenters. The fraction of sp³-hybridized carbons (Fsp3) is 1.00. The summed E-state index contributed by atoms with van der Waals surface area (Å²) in [7, 11) is 2.15. The van der Waals surface area contributed by atoms with Crippen LogP contribution in [0.5, 0.6) is 0 Å². The second-order valence-corrected chi connectivity index (χ2v) is 4.24. The van der Waals surface area contributed by atoms with Gasteiger partial charge < -0.3 is 15.2 Å². The molecule has 0 radical (unpaired) electrons. The minimum absolute atomic E-state index is 0.0474. The molecule has 2 N–H and O–H groups in total. The zero-order valence-electron chi connectivity index (χ0n) is 8.82. The van der Waals surface area contributed by atoms with Crippen LogP contribution >= 0.6 is 0 Å². The topological polar surface area (TPSA) is 47.7 Å². The summed E-state index contributed by atoms with van der Waals surface area (Å²) < 4.78 is 11.4. The minimum Gasteiger partial charge on any atom is -0.348 e. The lowest BCUT2D eigenvalue weighted by Crippen LogP contribution is -2.45. The summed E-state index contributed by atoms with van der Waals surface area (Å²) in [5.74, 6) is 0. The van der Waals surface area contributed by atoms with E-state index in [1.807, 2.05) is 0 Å². The molecule has 0 spiro atoms. The second kappa shape index (κ2) is 4.57. The van der Waals surface area contributed by atoms with Crippen molar-refractivity contribution in [1.29, 1.82) is 0 Å². The molecule has 0 aliphatic carbocycles. The number of nitrogens with zero attached hydrogens (tertiary/aromatic N) is 1. The van der Waals surface area contributed by atoms with Gasteiger partial charge in [-0.15, -0.1) is 0 Å². The SMILES string of the molecule is CN1CCCCC1C1OCC(CN)O1. The number of hydrogen-bond acceptors (Lipinski definition) is 4.